The molecule has 0 saturated carbocycles. The monoisotopic (exact) mass is 443 g/mol. The topological polar surface area (TPSA) is 121 Å². The number of hydrogen-bond acceptors (Lipinski definition) is 2. The number of nitrogens with one attached hydrogen (secondary N) is 1. The molecule has 1 N–H and O–H groups in total. The molecule has 8 heteroatoms. The van der Waals surface area contributed by atoms with Crippen LogP contribution in [0.1, 0.15) is 12.5 Å². The number of ether oxygens (including phenoxy) is 1. The number of benzene rings is 2. The SMILES string of the molecule is CCO[C](=[Cr])/C=C(\Nc1ccccc1)c1ccccc1.[C-]#[O+].[C-]#[O+].[C-]#[O+].[C-]#[O+].[C-]#[O+]. The van der Waals surface area contributed by atoms with Crippen LogP contribution in [0.3, 0.4) is 0 Å². The van der Waals surface area contributed by atoms with Crippen molar-refractivity contribution in [2.24, 2.45) is 0 Å². The zero-order valence-corrected chi connectivity index (χ0v) is 17.2. The number of anilines is 1. The molecule has 0 amide bonds. The summed E-state index contributed by atoms with van der Waals surface area (Å²) in [6, 6.07) is 20.3. The molecular formula is C22H17CrNO6. The van der Waals surface area contributed by atoms with Crippen molar-refractivity contribution in [2.75, 3.05) is 11.9 Å². The van der Waals surface area contributed by atoms with E-state index in [1.807, 2.05) is 61.5 Å². The molecule has 0 aliphatic rings. The Labute approximate surface area is 184 Å². The average molecular weight is 443 g/mol. The molecule has 0 bridgehead atoms. The second-order valence-corrected chi connectivity index (χ2v) is 4.80. The van der Waals surface area contributed by atoms with E-state index in [4.69, 9.17) is 28.0 Å². The minimum absolute atomic E-state index is 0.645. The van der Waals surface area contributed by atoms with E-state index in [0.29, 0.717) is 6.61 Å². The van der Waals surface area contributed by atoms with Crippen LogP contribution in [0.4, 0.5) is 5.69 Å². The van der Waals surface area contributed by atoms with Gasteiger partial charge in [-0.1, -0.05) is 0 Å². The summed E-state index contributed by atoms with van der Waals surface area (Å²) in [5, 5.41) is 3.42. The van der Waals surface area contributed by atoms with Crippen LogP contribution >= 0.6 is 0 Å². The van der Waals surface area contributed by atoms with Gasteiger partial charge in [0.05, 0.1) is 0 Å². The standard InChI is InChI=1S/C17H17NO.5CO.Cr/c1-2-19-14-13-17(15-9-5-3-6-10-15)18-16-11-7-4-8-12-16;5*1-2;/h3-13,18H,2H2,1H3;;;;;;/b17-13-;;;;;;. The third-order valence-corrected chi connectivity index (χ3v) is 3.05. The van der Waals surface area contributed by atoms with E-state index in [2.05, 4.69) is 66.6 Å². The summed E-state index contributed by atoms with van der Waals surface area (Å²) in [6.07, 6.45) is 1.98. The molecule has 0 aliphatic heterocycles. The van der Waals surface area contributed by atoms with Crippen LogP contribution in [0.2, 0.25) is 0 Å². The van der Waals surface area contributed by atoms with E-state index in [0.717, 1.165) is 21.5 Å². The fraction of sp³-hybridized carbons (Fsp3) is 0.0909. The summed E-state index contributed by atoms with van der Waals surface area (Å²) in [6.45, 7) is 25.1. The van der Waals surface area contributed by atoms with Gasteiger partial charge in [0.2, 0.25) is 0 Å². The van der Waals surface area contributed by atoms with Crippen molar-refractivity contribution >= 4 is 16.0 Å². The first-order valence-corrected chi connectivity index (χ1v) is 8.21. The second-order valence-electron chi connectivity index (χ2n) is 4.17. The fourth-order valence-electron chi connectivity index (χ4n) is 1.79. The maximum absolute atomic E-state index is 7.50. The van der Waals surface area contributed by atoms with Crippen LogP contribution in [0.15, 0.2) is 66.7 Å². The molecule has 2 aromatic rings. The maximum atomic E-state index is 7.50. The Morgan fingerprint density at radius 1 is 0.800 bits per heavy atom. The molecule has 7 nitrogen and oxygen atoms in total. The van der Waals surface area contributed by atoms with Gasteiger partial charge in [0.25, 0.3) is 0 Å². The minimum atomic E-state index is 0.645. The van der Waals surface area contributed by atoms with Gasteiger partial charge in [0.15, 0.2) is 0 Å². The number of hydrogen-bond donors (Lipinski definition) is 1. The van der Waals surface area contributed by atoms with Crippen molar-refractivity contribution in [1.29, 1.82) is 0 Å². The molecule has 0 unspecified atom stereocenters. The van der Waals surface area contributed by atoms with E-state index in [9.17, 15) is 0 Å². The van der Waals surface area contributed by atoms with Crippen molar-refractivity contribution in [3.05, 3.63) is 106 Å². The normalized spacial score (nSPS) is 7.77. The molecule has 0 spiro atoms. The Balaban J connectivity index is -0.000000296. The Bertz CT molecular complexity index is 758. The van der Waals surface area contributed by atoms with Gasteiger partial charge in [-0.25, -0.2) is 0 Å². The Hall–Kier alpha value is -2.96. The van der Waals surface area contributed by atoms with Crippen LogP contribution in [-0.4, -0.2) is 11.2 Å². The quantitative estimate of drug-likeness (QED) is 0.541. The molecule has 2 rings (SSSR count). The van der Waals surface area contributed by atoms with E-state index in [1.54, 1.807) is 0 Å². The predicted octanol–water partition coefficient (Wildman–Crippen LogP) is 3.67. The van der Waals surface area contributed by atoms with Gasteiger partial charge in [-0.2, -0.15) is 0 Å². The first-order valence-electron chi connectivity index (χ1n) is 7.57. The zero-order chi connectivity index (χ0) is 24.2. The summed E-state index contributed by atoms with van der Waals surface area (Å²) < 4.78 is 43.7. The summed E-state index contributed by atoms with van der Waals surface area (Å²) >= 11 is 2.94. The third-order valence-electron chi connectivity index (χ3n) is 2.69. The van der Waals surface area contributed by atoms with Crippen LogP contribution < -0.4 is 5.32 Å². The van der Waals surface area contributed by atoms with E-state index in [1.165, 1.54) is 0 Å². The summed E-state index contributed by atoms with van der Waals surface area (Å²) in [4.78, 5) is 0. The first-order chi connectivity index (χ1) is 14.8. The molecule has 0 fully saturated rings. The average Bonchev–Trinajstić information content (AvgIpc) is 2.86. The van der Waals surface area contributed by atoms with E-state index >= 15 is 0 Å². The van der Waals surface area contributed by atoms with Gasteiger partial charge in [0, 0.05) is 0 Å². The van der Waals surface area contributed by atoms with Crippen molar-refractivity contribution in [3.63, 3.8) is 0 Å². The fourth-order valence-corrected chi connectivity index (χ4v) is 2.16. The molecule has 0 atom stereocenters. The summed E-state index contributed by atoms with van der Waals surface area (Å²) in [7, 11) is 0. The Morgan fingerprint density at radius 3 is 1.60 bits per heavy atom. The van der Waals surface area contributed by atoms with Crippen molar-refractivity contribution in [2.45, 2.75) is 6.92 Å². The predicted molar refractivity (Wildman–Crippen MR) is 101 cm³/mol. The van der Waals surface area contributed by atoms with Crippen LogP contribution in [-0.2, 0) is 43.8 Å². The van der Waals surface area contributed by atoms with Crippen LogP contribution in [0.25, 0.3) is 5.70 Å². The van der Waals surface area contributed by atoms with Gasteiger partial charge >= 0.3 is 184 Å². The van der Waals surface area contributed by atoms with Crippen LogP contribution in [0.5, 0.6) is 0 Å². The molecule has 0 aromatic heterocycles. The number of rotatable bonds is 6. The zero-order valence-electron chi connectivity index (χ0n) is 15.9. The summed E-state index contributed by atoms with van der Waals surface area (Å²) in [5.74, 6) is 0. The van der Waals surface area contributed by atoms with Crippen LogP contribution in [0, 0.1) is 33.3 Å². The van der Waals surface area contributed by atoms with Gasteiger partial charge in [-0.05, 0) is 0 Å². The Morgan fingerprint density at radius 2 is 1.20 bits per heavy atom. The molecule has 0 saturated heterocycles. The van der Waals surface area contributed by atoms with Gasteiger partial charge in [0.1, 0.15) is 0 Å². The molecule has 2 aromatic carbocycles. The molecule has 0 heterocycles. The number of para-hydroxylation sites is 1. The molecule has 0 aliphatic carbocycles. The van der Waals surface area contributed by atoms with Crippen molar-refractivity contribution in [3.8, 4) is 0 Å². The van der Waals surface area contributed by atoms with Gasteiger partial charge in [-0.15, -0.1) is 0 Å². The molecule has 152 valence electrons. The van der Waals surface area contributed by atoms with E-state index < -0.39 is 0 Å². The molecule has 30 heavy (non-hydrogen) atoms. The molecule has 0 radical (unpaired) electrons. The Kier molecular flexibility index (Phi) is 35.4. The van der Waals surface area contributed by atoms with Gasteiger partial charge in [-0.3, -0.25) is 0 Å². The van der Waals surface area contributed by atoms with Crippen molar-refractivity contribution in [1.82, 2.24) is 0 Å². The van der Waals surface area contributed by atoms with Crippen molar-refractivity contribution < 1.29 is 43.8 Å². The first kappa shape index (κ1) is 34.5. The second kappa shape index (κ2) is 30.8. The van der Waals surface area contributed by atoms with E-state index in [-0.39, 0.29) is 0 Å². The molecular weight excluding hydrogens is 426 g/mol. The summed E-state index contributed by atoms with van der Waals surface area (Å²) in [5.41, 5.74) is 3.16. The van der Waals surface area contributed by atoms with Gasteiger partial charge < -0.3 is 0 Å². The third kappa shape index (κ3) is 18.4.